The standard InChI is InChI=1S/C21H22F2N4O3S2/c1-29-14-8-11(6-7-13(14)30-20(22)23)9-25-16(28)10-31-21-26-18(24)17-12-4-2-3-5-15(12)32-19(17)27-21/h6-8,20H,2-5,9-10H2,1H3,(H,25,28)(H2,24,26,27). The Bertz CT molecular complexity index is 1140. The first kappa shape index (κ1) is 22.5. The van der Waals surface area contributed by atoms with Gasteiger partial charge in [-0.15, -0.1) is 11.3 Å². The highest BCUT2D eigenvalue weighted by Crippen LogP contribution is 2.38. The molecule has 0 radical (unpaired) electrons. The molecule has 4 rings (SSSR count). The minimum absolute atomic E-state index is 0.0616. The number of nitrogen functional groups attached to an aromatic ring is 1. The summed E-state index contributed by atoms with van der Waals surface area (Å²) < 4.78 is 34.3. The minimum Gasteiger partial charge on any atom is -0.493 e. The highest BCUT2D eigenvalue weighted by Gasteiger charge is 2.20. The Labute approximate surface area is 191 Å². The first-order valence-electron chi connectivity index (χ1n) is 10.0. The molecule has 1 aromatic carbocycles. The number of fused-ring (bicyclic) bond motifs is 3. The number of anilines is 1. The van der Waals surface area contributed by atoms with Gasteiger partial charge in [-0.2, -0.15) is 8.78 Å². The quantitative estimate of drug-likeness (QED) is 0.369. The van der Waals surface area contributed by atoms with Crippen LogP contribution in [-0.4, -0.2) is 35.3 Å². The van der Waals surface area contributed by atoms with E-state index in [4.69, 9.17) is 10.5 Å². The normalized spacial score (nSPS) is 13.2. The van der Waals surface area contributed by atoms with Crippen LogP contribution in [0.5, 0.6) is 11.5 Å². The van der Waals surface area contributed by atoms with Crippen LogP contribution < -0.4 is 20.5 Å². The molecule has 170 valence electrons. The summed E-state index contributed by atoms with van der Waals surface area (Å²) in [5.74, 6) is 0.487. The van der Waals surface area contributed by atoms with E-state index in [9.17, 15) is 13.6 Å². The van der Waals surface area contributed by atoms with E-state index in [2.05, 4.69) is 20.0 Å². The Hall–Kier alpha value is -2.66. The summed E-state index contributed by atoms with van der Waals surface area (Å²) in [5, 5.41) is 4.22. The fourth-order valence-corrected chi connectivity index (χ4v) is 5.63. The Morgan fingerprint density at radius 3 is 2.88 bits per heavy atom. The first-order chi connectivity index (χ1) is 15.4. The lowest BCUT2D eigenvalue weighted by molar-refractivity contribution is -0.118. The van der Waals surface area contributed by atoms with Gasteiger partial charge in [-0.05, 0) is 48.9 Å². The maximum Gasteiger partial charge on any atom is 0.387 e. The Morgan fingerprint density at radius 1 is 1.28 bits per heavy atom. The van der Waals surface area contributed by atoms with E-state index in [-0.39, 0.29) is 29.7 Å². The number of aromatic nitrogens is 2. The third-order valence-corrected chi connectivity index (χ3v) is 7.12. The Morgan fingerprint density at radius 2 is 2.09 bits per heavy atom. The number of nitrogens with one attached hydrogen (secondary N) is 1. The number of alkyl halides is 2. The number of hydrogen-bond acceptors (Lipinski definition) is 8. The maximum atomic E-state index is 12.4. The van der Waals surface area contributed by atoms with Gasteiger partial charge < -0.3 is 20.5 Å². The number of aryl methyl sites for hydroxylation is 2. The molecule has 1 aliphatic rings. The summed E-state index contributed by atoms with van der Waals surface area (Å²) in [6.45, 7) is -2.73. The van der Waals surface area contributed by atoms with Crippen molar-refractivity contribution >= 4 is 45.0 Å². The zero-order chi connectivity index (χ0) is 22.7. The molecule has 2 heterocycles. The number of rotatable bonds is 8. The van der Waals surface area contributed by atoms with Crippen molar-refractivity contribution in [2.24, 2.45) is 0 Å². The van der Waals surface area contributed by atoms with Gasteiger partial charge in [-0.25, -0.2) is 9.97 Å². The van der Waals surface area contributed by atoms with E-state index in [1.807, 2.05) is 0 Å². The minimum atomic E-state index is -2.94. The number of nitrogens with two attached hydrogens (primary N) is 1. The van der Waals surface area contributed by atoms with Crippen molar-refractivity contribution in [2.75, 3.05) is 18.6 Å². The van der Waals surface area contributed by atoms with Crippen LogP contribution in [0.4, 0.5) is 14.6 Å². The average Bonchev–Trinajstić information content (AvgIpc) is 3.15. The number of thiophene rings is 1. The monoisotopic (exact) mass is 480 g/mol. The lowest BCUT2D eigenvalue weighted by Gasteiger charge is -2.12. The van der Waals surface area contributed by atoms with Crippen LogP contribution in [0.3, 0.4) is 0 Å². The molecule has 0 saturated heterocycles. The van der Waals surface area contributed by atoms with Crippen molar-refractivity contribution in [1.29, 1.82) is 0 Å². The molecule has 0 aliphatic heterocycles. The van der Waals surface area contributed by atoms with Crippen LogP contribution in [0, 0.1) is 0 Å². The van der Waals surface area contributed by atoms with Gasteiger partial charge in [-0.1, -0.05) is 17.8 Å². The van der Waals surface area contributed by atoms with Crippen LogP contribution in [0.2, 0.25) is 0 Å². The SMILES string of the molecule is COc1cc(CNC(=O)CSc2nc(N)c3c4c(sc3n2)CCCC4)ccc1OC(F)F. The molecule has 0 spiro atoms. The topological polar surface area (TPSA) is 99.4 Å². The fraction of sp³-hybridized carbons (Fsp3) is 0.381. The van der Waals surface area contributed by atoms with Crippen LogP contribution >= 0.6 is 23.1 Å². The third kappa shape index (κ3) is 5.04. The molecule has 11 heteroatoms. The van der Waals surface area contributed by atoms with E-state index in [0.29, 0.717) is 16.5 Å². The van der Waals surface area contributed by atoms with Crippen molar-refractivity contribution in [3.8, 4) is 11.5 Å². The molecule has 0 saturated carbocycles. The molecule has 2 aromatic heterocycles. The molecule has 0 unspecified atom stereocenters. The van der Waals surface area contributed by atoms with Gasteiger partial charge >= 0.3 is 6.61 Å². The number of carbonyl (C=O) groups excluding carboxylic acids is 1. The van der Waals surface area contributed by atoms with Crippen LogP contribution in [0.1, 0.15) is 28.8 Å². The molecule has 0 fully saturated rings. The van der Waals surface area contributed by atoms with Gasteiger partial charge in [-0.3, -0.25) is 4.79 Å². The Balaban J connectivity index is 1.35. The Kier molecular flexibility index (Phi) is 6.95. The number of methoxy groups -OCH3 is 1. The summed E-state index contributed by atoms with van der Waals surface area (Å²) in [6.07, 6.45) is 4.41. The molecule has 32 heavy (non-hydrogen) atoms. The number of nitrogens with zero attached hydrogens (tertiary/aromatic N) is 2. The lowest BCUT2D eigenvalue weighted by Crippen LogP contribution is -2.24. The number of halogens is 2. The summed E-state index contributed by atoms with van der Waals surface area (Å²) in [7, 11) is 1.36. The molecular formula is C21H22F2N4O3S2. The van der Waals surface area contributed by atoms with Crippen molar-refractivity contribution in [3.05, 3.63) is 34.2 Å². The van der Waals surface area contributed by atoms with Crippen molar-refractivity contribution in [2.45, 2.75) is 44.0 Å². The molecule has 3 aromatic rings. The number of ether oxygens (including phenoxy) is 2. The summed E-state index contributed by atoms with van der Waals surface area (Å²) in [4.78, 5) is 23.5. The van der Waals surface area contributed by atoms with Gasteiger partial charge in [0.15, 0.2) is 16.7 Å². The largest absolute Gasteiger partial charge is 0.493 e. The van der Waals surface area contributed by atoms with Crippen LogP contribution in [0.15, 0.2) is 23.4 Å². The smallest absolute Gasteiger partial charge is 0.387 e. The lowest BCUT2D eigenvalue weighted by atomic mass is 9.97. The van der Waals surface area contributed by atoms with E-state index < -0.39 is 6.61 Å². The number of hydrogen-bond donors (Lipinski definition) is 2. The average molecular weight is 481 g/mol. The van der Waals surface area contributed by atoms with E-state index >= 15 is 0 Å². The summed E-state index contributed by atoms with van der Waals surface area (Å²) >= 11 is 2.88. The fourth-order valence-electron chi connectivity index (χ4n) is 3.63. The van der Waals surface area contributed by atoms with Gasteiger partial charge in [0.05, 0.1) is 18.2 Å². The number of amides is 1. The van der Waals surface area contributed by atoms with Gasteiger partial charge in [0.1, 0.15) is 10.6 Å². The highest BCUT2D eigenvalue weighted by molar-refractivity contribution is 7.99. The predicted molar refractivity (Wildman–Crippen MR) is 121 cm³/mol. The second-order valence-corrected chi connectivity index (χ2v) is 9.24. The number of benzene rings is 1. The maximum absolute atomic E-state index is 12.4. The molecule has 7 nitrogen and oxygen atoms in total. The number of carbonyl (C=O) groups is 1. The van der Waals surface area contributed by atoms with E-state index in [0.717, 1.165) is 29.5 Å². The van der Waals surface area contributed by atoms with Crippen LogP contribution in [0.25, 0.3) is 10.2 Å². The molecular weight excluding hydrogens is 458 g/mol. The molecule has 0 atom stereocenters. The molecule has 0 bridgehead atoms. The van der Waals surface area contributed by atoms with E-state index in [1.54, 1.807) is 23.5 Å². The molecule has 1 aliphatic carbocycles. The van der Waals surface area contributed by atoms with Gasteiger partial charge in [0.25, 0.3) is 0 Å². The zero-order valence-electron chi connectivity index (χ0n) is 17.3. The molecule has 1 amide bonds. The van der Waals surface area contributed by atoms with Crippen molar-refractivity contribution in [1.82, 2.24) is 15.3 Å². The van der Waals surface area contributed by atoms with Crippen molar-refractivity contribution in [3.63, 3.8) is 0 Å². The van der Waals surface area contributed by atoms with Gasteiger partial charge in [0, 0.05) is 11.4 Å². The second kappa shape index (κ2) is 9.86. The third-order valence-electron chi connectivity index (χ3n) is 5.09. The van der Waals surface area contributed by atoms with Crippen molar-refractivity contribution < 1.29 is 23.0 Å². The zero-order valence-corrected chi connectivity index (χ0v) is 19.0. The van der Waals surface area contributed by atoms with Gasteiger partial charge in [0.2, 0.25) is 5.91 Å². The summed E-state index contributed by atoms with van der Waals surface area (Å²) in [5.41, 5.74) is 8.18. The predicted octanol–water partition coefficient (Wildman–Crippen LogP) is 4.17. The molecule has 3 N–H and O–H groups in total. The van der Waals surface area contributed by atoms with E-state index in [1.165, 1.54) is 41.8 Å². The highest BCUT2D eigenvalue weighted by atomic mass is 32.2. The first-order valence-corrected chi connectivity index (χ1v) is 11.8. The van der Waals surface area contributed by atoms with Crippen LogP contribution in [-0.2, 0) is 24.2 Å². The summed E-state index contributed by atoms with van der Waals surface area (Å²) in [6, 6.07) is 4.51. The number of thioether (sulfide) groups is 1. The second-order valence-electron chi connectivity index (χ2n) is 7.21.